The highest BCUT2D eigenvalue weighted by atomic mass is 35.5. The van der Waals surface area contributed by atoms with Crippen LogP contribution >= 0.6 is 11.6 Å². The van der Waals surface area contributed by atoms with E-state index in [1.54, 1.807) is 0 Å². The second-order valence-electron chi connectivity index (χ2n) is 6.03. The minimum absolute atomic E-state index is 0.00802. The van der Waals surface area contributed by atoms with Crippen molar-refractivity contribution in [3.63, 3.8) is 0 Å². The summed E-state index contributed by atoms with van der Waals surface area (Å²) in [6.07, 6.45) is 1.05. The molecule has 2 saturated heterocycles. The molecule has 0 spiro atoms. The number of halogens is 2. The molecule has 3 rings (SSSR count). The molecule has 2 fully saturated rings. The number of aliphatic carboxylic acids is 1. The standard InChI is InChI=1S/C16H16ClFN2O4/c17-11-4-3-10(7-12(11)18)20-8-9(6-14(20)21)15(22)19-5-1-2-13(19)16(23)24/h3-4,7,9,13H,1-2,5-6,8H2,(H,23,24)/t9?,13-/m1/s1. The van der Waals surface area contributed by atoms with Gasteiger partial charge in [-0.15, -0.1) is 0 Å². The molecule has 2 aliphatic rings. The second kappa shape index (κ2) is 6.39. The van der Waals surface area contributed by atoms with Gasteiger partial charge in [0.1, 0.15) is 11.9 Å². The van der Waals surface area contributed by atoms with Crippen LogP contribution in [0.15, 0.2) is 18.2 Å². The number of amides is 2. The van der Waals surface area contributed by atoms with Crippen LogP contribution in [0.5, 0.6) is 0 Å². The average molecular weight is 355 g/mol. The summed E-state index contributed by atoms with van der Waals surface area (Å²) in [5.74, 6) is -2.90. The van der Waals surface area contributed by atoms with Crippen molar-refractivity contribution in [1.29, 1.82) is 0 Å². The van der Waals surface area contributed by atoms with Crippen molar-refractivity contribution in [3.05, 3.63) is 29.0 Å². The number of benzene rings is 1. The first kappa shape index (κ1) is 16.7. The lowest BCUT2D eigenvalue weighted by molar-refractivity contribution is -0.149. The molecule has 24 heavy (non-hydrogen) atoms. The van der Waals surface area contributed by atoms with Gasteiger partial charge >= 0.3 is 5.97 Å². The van der Waals surface area contributed by atoms with E-state index >= 15 is 0 Å². The van der Waals surface area contributed by atoms with Crippen LogP contribution in [0.25, 0.3) is 0 Å². The van der Waals surface area contributed by atoms with Gasteiger partial charge in [-0.1, -0.05) is 11.6 Å². The van der Waals surface area contributed by atoms with Gasteiger partial charge in [0.25, 0.3) is 0 Å². The van der Waals surface area contributed by atoms with Crippen molar-refractivity contribution in [2.24, 2.45) is 5.92 Å². The van der Waals surface area contributed by atoms with Gasteiger partial charge in [0.2, 0.25) is 11.8 Å². The minimum atomic E-state index is -1.03. The molecule has 128 valence electrons. The van der Waals surface area contributed by atoms with Crippen molar-refractivity contribution in [2.75, 3.05) is 18.0 Å². The van der Waals surface area contributed by atoms with E-state index < -0.39 is 23.7 Å². The number of carboxylic acid groups (broad SMARTS) is 1. The summed E-state index contributed by atoms with van der Waals surface area (Å²) in [6, 6.07) is 3.21. The van der Waals surface area contributed by atoms with Crippen molar-refractivity contribution in [2.45, 2.75) is 25.3 Å². The van der Waals surface area contributed by atoms with Crippen molar-refractivity contribution in [1.82, 2.24) is 4.90 Å². The molecule has 1 aromatic rings. The zero-order valence-corrected chi connectivity index (χ0v) is 13.5. The van der Waals surface area contributed by atoms with Crippen molar-refractivity contribution < 1.29 is 23.9 Å². The number of carboxylic acids is 1. The maximum Gasteiger partial charge on any atom is 0.326 e. The molecule has 0 saturated carbocycles. The van der Waals surface area contributed by atoms with E-state index in [-0.39, 0.29) is 29.8 Å². The third kappa shape index (κ3) is 2.96. The zero-order chi connectivity index (χ0) is 17.4. The first-order valence-electron chi connectivity index (χ1n) is 7.67. The second-order valence-corrected chi connectivity index (χ2v) is 6.44. The number of nitrogens with zero attached hydrogens (tertiary/aromatic N) is 2. The quantitative estimate of drug-likeness (QED) is 0.899. The molecule has 0 bridgehead atoms. The summed E-state index contributed by atoms with van der Waals surface area (Å²) in [4.78, 5) is 38.7. The predicted octanol–water partition coefficient (Wildman–Crippen LogP) is 1.91. The van der Waals surface area contributed by atoms with Gasteiger partial charge in [-0.2, -0.15) is 0 Å². The van der Waals surface area contributed by atoms with Crippen LogP contribution in [-0.2, 0) is 14.4 Å². The summed E-state index contributed by atoms with van der Waals surface area (Å²) in [6.45, 7) is 0.498. The van der Waals surface area contributed by atoms with E-state index in [0.717, 1.165) is 6.07 Å². The molecule has 0 aromatic heterocycles. The summed E-state index contributed by atoms with van der Waals surface area (Å²) < 4.78 is 13.6. The van der Waals surface area contributed by atoms with Gasteiger partial charge in [-0.3, -0.25) is 9.59 Å². The molecular formula is C16H16ClFN2O4. The monoisotopic (exact) mass is 354 g/mol. The van der Waals surface area contributed by atoms with E-state index in [4.69, 9.17) is 11.6 Å². The van der Waals surface area contributed by atoms with Crippen LogP contribution < -0.4 is 4.90 Å². The van der Waals surface area contributed by atoms with Gasteiger partial charge in [-0.05, 0) is 31.0 Å². The van der Waals surface area contributed by atoms with E-state index in [1.165, 1.54) is 21.9 Å². The minimum Gasteiger partial charge on any atom is -0.480 e. The number of carbonyl (C=O) groups is 3. The summed E-state index contributed by atoms with van der Waals surface area (Å²) >= 11 is 5.64. The maximum absolute atomic E-state index is 13.6. The Balaban J connectivity index is 1.75. The number of rotatable bonds is 3. The number of likely N-dealkylation sites (tertiary alicyclic amines) is 1. The molecule has 0 radical (unpaired) electrons. The summed E-state index contributed by atoms with van der Waals surface area (Å²) in [5, 5.41) is 9.15. The number of carbonyl (C=O) groups excluding carboxylic acids is 2. The number of hydrogen-bond donors (Lipinski definition) is 1. The first-order valence-corrected chi connectivity index (χ1v) is 8.05. The smallest absolute Gasteiger partial charge is 0.326 e. The van der Waals surface area contributed by atoms with Crippen LogP contribution in [-0.4, -0.2) is 46.9 Å². The fourth-order valence-electron chi connectivity index (χ4n) is 3.30. The van der Waals surface area contributed by atoms with Crippen LogP contribution in [0, 0.1) is 11.7 Å². The average Bonchev–Trinajstić information content (AvgIpc) is 3.16. The largest absolute Gasteiger partial charge is 0.480 e. The molecule has 2 amide bonds. The van der Waals surface area contributed by atoms with Gasteiger partial charge in [-0.25, -0.2) is 9.18 Å². The molecule has 1 aromatic carbocycles. The Labute approximate surface area is 142 Å². The molecule has 0 aliphatic carbocycles. The molecule has 2 atom stereocenters. The van der Waals surface area contributed by atoms with E-state index in [0.29, 0.717) is 25.1 Å². The van der Waals surface area contributed by atoms with Gasteiger partial charge in [0.05, 0.1) is 10.9 Å². The topological polar surface area (TPSA) is 77.9 Å². The fourth-order valence-corrected chi connectivity index (χ4v) is 3.41. The highest BCUT2D eigenvalue weighted by molar-refractivity contribution is 6.30. The van der Waals surface area contributed by atoms with Gasteiger partial charge < -0.3 is 14.9 Å². The summed E-state index contributed by atoms with van der Waals surface area (Å²) in [7, 11) is 0. The Morgan fingerprint density at radius 1 is 1.33 bits per heavy atom. The van der Waals surface area contributed by atoms with E-state index in [1.807, 2.05) is 0 Å². The van der Waals surface area contributed by atoms with E-state index in [2.05, 4.69) is 0 Å². The molecule has 6 nitrogen and oxygen atoms in total. The van der Waals surface area contributed by atoms with E-state index in [9.17, 15) is 23.9 Å². The van der Waals surface area contributed by atoms with Crippen molar-refractivity contribution in [3.8, 4) is 0 Å². The van der Waals surface area contributed by atoms with Crippen LogP contribution in [0.2, 0.25) is 5.02 Å². The Kier molecular flexibility index (Phi) is 4.45. The first-order chi connectivity index (χ1) is 11.4. The zero-order valence-electron chi connectivity index (χ0n) is 12.7. The molecule has 1 N–H and O–H groups in total. The normalized spacial score (nSPS) is 23.8. The number of hydrogen-bond acceptors (Lipinski definition) is 3. The Morgan fingerprint density at radius 2 is 2.08 bits per heavy atom. The lowest BCUT2D eigenvalue weighted by Crippen LogP contribution is -2.44. The van der Waals surface area contributed by atoms with Crippen LogP contribution in [0.4, 0.5) is 10.1 Å². The third-order valence-electron chi connectivity index (χ3n) is 4.51. The molecule has 1 unspecified atom stereocenters. The molecule has 8 heteroatoms. The molecular weight excluding hydrogens is 339 g/mol. The van der Waals surface area contributed by atoms with Gasteiger partial charge in [0, 0.05) is 25.2 Å². The lowest BCUT2D eigenvalue weighted by atomic mass is 10.1. The fraction of sp³-hybridized carbons (Fsp3) is 0.438. The lowest BCUT2D eigenvalue weighted by Gasteiger charge is -2.24. The maximum atomic E-state index is 13.6. The Hall–Kier alpha value is -2.15. The van der Waals surface area contributed by atoms with Gasteiger partial charge in [0.15, 0.2) is 0 Å². The Morgan fingerprint density at radius 3 is 2.75 bits per heavy atom. The SMILES string of the molecule is O=C(O)[C@H]1CCCN1C(=O)C1CC(=O)N(c2ccc(Cl)c(F)c2)C1. The molecule has 2 aliphatic heterocycles. The third-order valence-corrected chi connectivity index (χ3v) is 4.82. The van der Waals surface area contributed by atoms with Crippen molar-refractivity contribution >= 4 is 35.1 Å². The summed E-state index contributed by atoms with van der Waals surface area (Å²) in [5.41, 5.74) is 0.341. The molecule has 2 heterocycles. The highest BCUT2D eigenvalue weighted by Crippen LogP contribution is 2.30. The highest BCUT2D eigenvalue weighted by Gasteiger charge is 2.42. The number of anilines is 1. The predicted molar refractivity (Wildman–Crippen MR) is 84.2 cm³/mol. The van der Waals surface area contributed by atoms with Crippen LogP contribution in [0.3, 0.4) is 0 Å². The Bertz CT molecular complexity index is 711. The van der Waals surface area contributed by atoms with Crippen LogP contribution in [0.1, 0.15) is 19.3 Å².